The van der Waals surface area contributed by atoms with E-state index < -0.39 is 0 Å². The van der Waals surface area contributed by atoms with Gasteiger partial charge in [0.2, 0.25) is 0 Å². The molecule has 2 aromatic carbocycles. The Kier molecular flexibility index (Phi) is 4.81. The SMILES string of the molecule is CC(C)[C@H](N[C@H](C)C(=O)c1c[nH]c2ccccc12)c1ccccc1. The normalized spacial score (nSPS) is 14.0. The second kappa shape index (κ2) is 7.02. The molecule has 3 rings (SSSR count). The van der Waals surface area contributed by atoms with Crippen molar-refractivity contribution in [3.8, 4) is 0 Å². The molecule has 1 aromatic heterocycles. The van der Waals surface area contributed by atoms with Gasteiger partial charge in [0.15, 0.2) is 5.78 Å². The highest BCUT2D eigenvalue weighted by atomic mass is 16.1. The van der Waals surface area contributed by atoms with Crippen molar-refractivity contribution in [2.75, 3.05) is 0 Å². The van der Waals surface area contributed by atoms with Gasteiger partial charge in [-0.1, -0.05) is 62.4 Å². The van der Waals surface area contributed by atoms with E-state index in [0.29, 0.717) is 5.92 Å². The molecule has 24 heavy (non-hydrogen) atoms. The second-order valence-corrected chi connectivity index (χ2v) is 6.63. The number of rotatable bonds is 6. The molecule has 3 nitrogen and oxygen atoms in total. The summed E-state index contributed by atoms with van der Waals surface area (Å²) in [5.41, 5.74) is 2.96. The van der Waals surface area contributed by atoms with E-state index in [1.165, 1.54) is 5.56 Å². The Hall–Kier alpha value is -2.39. The summed E-state index contributed by atoms with van der Waals surface area (Å²) in [6, 6.07) is 18.1. The van der Waals surface area contributed by atoms with Crippen molar-refractivity contribution in [3.05, 3.63) is 71.9 Å². The van der Waals surface area contributed by atoms with Crippen molar-refractivity contribution >= 4 is 16.7 Å². The molecule has 124 valence electrons. The molecule has 2 atom stereocenters. The average molecular weight is 320 g/mol. The molecule has 0 amide bonds. The lowest BCUT2D eigenvalue weighted by Gasteiger charge is -2.26. The standard InChI is InChI=1S/C21H24N2O/c1-14(2)20(16-9-5-4-6-10-16)23-15(3)21(24)18-13-22-19-12-8-7-11-17(18)19/h4-15,20,22-23H,1-3H3/t15-,20+/m1/s1. The molecule has 0 saturated heterocycles. The van der Waals surface area contributed by atoms with Crippen molar-refractivity contribution in [1.82, 2.24) is 10.3 Å². The Bertz CT molecular complexity index is 820. The summed E-state index contributed by atoms with van der Waals surface area (Å²) in [4.78, 5) is 16.1. The molecule has 0 radical (unpaired) electrons. The summed E-state index contributed by atoms with van der Waals surface area (Å²) < 4.78 is 0. The lowest BCUT2D eigenvalue weighted by Crippen LogP contribution is -2.38. The van der Waals surface area contributed by atoms with E-state index in [9.17, 15) is 4.79 Å². The summed E-state index contributed by atoms with van der Waals surface area (Å²) in [5.74, 6) is 0.514. The van der Waals surface area contributed by atoms with Gasteiger partial charge in [-0.3, -0.25) is 4.79 Å². The van der Waals surface area contributed by atoms with E-state index in [1.807, 2.05) is 55.6 Å². The zero-order valence-electron chi connectivity index (χ0n) is 14.4. The first-order valence-corrected chi connectivity index (χ1v) is 8.49. The maximum absolute atomic E-state index is 12.9. The van der Waals surface area contributed by atoms with Crippen molar-refractivity contribution in [2.45, 2.75) is 32.9 Å². The minimum absolute atomic E-state index is 0.119. The number of hydrogen-bond donors (Lipinski definition) is 2. The van der Waals surface area contributed by atoms with Crippen LogP contribution in [0.5, 0.6) is 0 Å². The van der Waals surface area contributed by atoms with E-state index in [1.54, 1.807) is 0 Å². The monoisotopic (exact) mass is 320 g/mol. The number of Topliss-reactive ketones (excluding diaryl/α,β-unsaturated/α-hetero) is 1. The third-order valence-corrected chi connectivity index (χ3v) is 4.50. The van der Waals surface area contributed by atoms with E-state index in [4.69, 9.17) is 0 Å². The lowest BCUT2D eigenvalue weighted by atomic mass is 9.94. The number of aromatic nitrogens is 1. The number of fused-ring (bicyclic) bond motifs is 1. The fourth-order valence-electron chi connectivity index (χ4n) is 3.19. The number of benzene rings is 2. The molecule has 0 unspecified atom stereocenters. The first kappa shape index (κ1) is 16.5. The number of ketones is 1. The number of carbonyl (C=O) groups is 1. The van der Waals surface area contributed by atoms with Crippen molar-refractivity contribution in [3.63, 3.8) is 0 Å². The van der Waals surface area contributed by atoms with Gasteiger partial charge in [0.05, 0.1) is 6.04 Å². The van der Waals surface area contributed by atoms with Gasteiger partial charge in [-0.25, -0.2) is 0 Å². The van der Waals surface area contributed by atoms with Crippen LogP contribution >= 0.6 is 0 Å². The minimum atomic E-state index is -0.253. The Morgan fingerprint density at radius 3 is 2.33 bits per heavy atom. The largest absolute Gasteiger partial charge is 0.360 e. The van der Waals surface area contributed by atoms with Gasteiger partial charge in [0.1, 0.15) is 0 Å². The Morgan fingerprint density at radius 1 is 0.958 bits per heavy atom. The summed E-state index contributed by atoms with van der Waals surface area (Å²) in [7, 11) is 0. The van der Waals surface area contributed by atoms with Crippen LogP contribution in [0.25, 0.3) is 10.9 Å². The summed E-state index contributed by atoms with van der Waals surface area (Å²) >= 11 is 0. The average Bonchev–Trinajstić information content (AvgIpc) is 3.03. The van der Waals surface area contributed by atoms with Crippen molar-refractivity contribution in [2.24, 2.45) is 5.92 Å². The van der Waals surface area contributed by atoms with Gasteiger partial charge in [-0.2, -0.15) is 0 Å². The molecule has 0 saturated carbocycles. The van der Waals surface area contributed by atoms with E-state index in [2.05, 4.69) is 36.3 Å². The number of aromatic amines is 1. The van der Waals surface area contributed by atoms with Gasteiger partial charge < -0.3 is 10.3 Å². The van der Waals surface area contributed by atoms with Crippen LogP contribution in [0.2, 0.25) is 0 Å². The molecule has 0 aliphatic carbocycles. The van der Waals surface area contributed by atoms with Crippen LogP contribution in [0, 0.1) is 5.92 Å². The highest BCUT2D eigenvalue weighted by Gasteiger charge is 2.24. The smallest absolute Gasteiger partial charge is 0.181 e. The third-order valence-electron chi connectivity index (χ3n) is 4.50. The fourth-order valence-corrected chi connectivity index (χ4v) is 3.19. The highest BCUT2D eigenvalue weighted by molar-refractivity contribution is 6.10. The van der Waals surface area contributed by atoms with Crippen LogP contribution in [-0.4, -0.2) is 16.8 Å². The number of nitrogens with one attached hydrogen (secondary N) is 2. The first-order valence-electron chi connectivity index (χ1n) is 8.49. The maximum atomic E-state index is 12.9. The quantitative estimate of drug-likeness (QED) is 0.645. The van der Waals surface area contributed by atoms with Crippen LogP contribution in [0.4, 0.5) is 0 Å². The number of carbonyl (C=O) groups excluding carboxylic acids is 1. The molecule has 0 spiro atoms. The van der Waals surface area contributed by atoms with E-state index in [0.717, 1.165) is 16.5 Å². The molecular formula is C21H24N2O. The Balaban J connectivity index is 1.82. The molecule has 1 heterocycles. The maximum Gasteiger partial charge on any atom is 0.181 e. The molecule has 3 aromatic rings. The van der Waals surface area contributed by atoms with Gasteiger partial charge in [-0.05, 0) is 24.5 Å². The summed E-state index contributed by atoms with van der Waals surface area (Å²) in [6.45, 7) is 6.30. The first-order chi connectivity index (χ1) is 11.6. The molecule has 0 bridgehead atoms. The van der Waals surface area contributed by atoms with Crippen LogP contribution in [0.15, 0.2) is 60.8 Å². The summed E-state index contributed by atoms with van der Waals surface area (Å²) in [6.07, 6.45) is 1.82. The Labute approximate surface area is 143 Å². The molecule has 0 aliphatic rings. The molecule has 0 aliphatic heterocycles. The van der Waals surface area contributed by atoms with Crippen LogP contribution < -0.4 is 5.32 Å². The molecule has 2 N–H and O–H groups in total. The minimum Gasteiger partial charge on any atom is -0.360 e. The Morgan fingerprint density at radius 2 is 1.62 bits per heavy atom. The second-order valence-electron chi connectivity index (χ2n) is 6.63. The zero-order chi connectivity index (χ0) is 17.1. The van der Waals surface area contributed by atoms with Crippen molar-refractivity contribution in [1.29, 1.82) is 0 Å². The van der Waals surface area contributed by atoms with Gasteiger partial charge in [-0.15, -0.1) is 0 Å². The molecule has 3 heteroatoms. The lowest BCUT2D eigenvalue weighted by molar-refractivity contribution is 0.0941. The van der Waals surface area contributed by atoms with Crippen LogP contribution in [0.3, 0.4) is 0 Å². The van der Waals surface area contributed by atoms with E-state index >= 15 is 0 Å². The van der Waals surface area contributed by atoms with Crippen molar-refractivity contribution < 1.29 is 4.79 Å². The zero-order valence-corrected chi connectivity index (χ0v) is 14.4. The predicted octanol–water partition coefficient (Wildman–Crippen LogP) is 4.73. The molecule has 0 fully saturated rings. The third kappa shape index (κ3) is 3.26. The summed E-state index contributed by atoms with van der Waals surface area (Å²) in [5, 5.41) is 4.51. The van der Waals surface area contributed by atoms with E-state index in [-0.39, 0.29) is 17.9 Å². The molecular weight excluding hydrogens is 296 g/mol. The number of H-pyrrole nitrogens is 1. The number of para-hydroxylation sites is 1. The topological polar surface area (TPSA) is 44.9 Å². The van der Waals surface area contributed by atoms with Gasteiger partial charge in [0.25, 0.3) is 0 Å². The fraction of sp³-hybridized carbons (Fsp3) is 0.286. The predicted molar refractivity (Wildman–Crippen MR) is 99.2 cm³/mol. The van der Waals surface area contributed by atoms with Gasteiger partial charge in [0, 0.05) is 28.7 Å². The van der Waals surface area contributed by atoms with Gasteiger partial charge >= 0.3 is 0 Å². The van der Waals surface area contributed by atoms with Crippen LogP contribution in [0.1, 0.15) is 42.7 Å². The van der Waals surface area contributed by atoms with Crippen LogP contribution in [-0.2, 0) is 0 Å². The number of hydrogen-bond acceptors (Lipinski definition) is 2. The highest BCUT2D eigenvalue weighted by Crippen LogP contribution is 2.24.